The first kappa shape index (κ1) is 19.4. The van der Waals surface area contributed by atoms with E-state index in [1.807, 2.05) is 56.3 Å². The minimum absolute atomic E-state index is 0.170. The van der Waals surface area contributed by atoms with Crippen LogP contribution in [-0.2, 0) is 6.42 Å². The highest BCUT2D eigenvalue weighted by atomic mass is 16.5. The third-order valence-electron chi connectivity index (χ3n) is 4.51. The van der Waals surface area contributed by atoms with Crippen molar-refractivity contribution in [3.8, 4) is 5.75 Å². The van der Waals surface area contributed by atoms with Gasteiger partial charge < -0.3 is 15.4 Å². The van der Waals surface area contributed by atoms with Gasteiger partial charge in [0.1, 0.15) is 5.75 Å². The molecule has 0 fully saturated rings. The van der Waals surface area contributed by atoms with Gasteiger partial charge in [-0.15, -0.1) is 0 Å². The van der Waals surface area contributed by atoms with Crippen LogP contribution in [0.25, 0.3) is 0 Å². The predicted octanol–water partition coefficient (Wildman–Crippen LogP) is 4.61. The summed E-state index contributed by atoms with van der Waals surface area (Å²) in [7, 11) is 1.66. The number of rotatable bonds is 7. The van der Waals surface area contributed by atoms with Crippen LogP contribution >= 0.6 is 0 Å². The number of nitrogens with zero attached hydrogens (tertiary/aromatic N) is 1. The van der Waals surface area contributed by atoms with Gasteiger partial charge in [0.05, 0.1) is 18.4 Å². The Morgan fingerprint density at radius 2 is 1.93 bits per heavy atom. The van der Waals surface area contributed by atoms with E-state index in [1.165, 1.54) is 11.1 Å². The minimum atomic E-state index is -0.170. The van der Waals surface area contributed by atoms with Gasteiger partial charge in [0.2, 0.25) is 0 Å². The number of methoxy groups -OCH3 is 1. The summed E-state index contributed by atoms with van der Waals surface area (Å²) in [4.78, 5) is 16.8. The Morgan fingerprint density at radius 1 is 1.07 bits per heavy atom. The molecule has 5 heteroatoms. The molecule has 3 aromatic rings. The summed E-state index contributed by atoms with van der Waals surface area (Å²) in [5, 5.41) is 6.28. The van der Waals surface area contributed by atoms with Crippen molar-refractivity contribution >= 4 is 17.3 Å². The Kier molecular flexibility index (Phi) is 6.27. The lowest BCUT2D eigenvalue weighted by Crippen LogP contribution is -2.14. The molecular formula is C23H25N3O2. The van der Waals surface area contributed by atoms with Crippen LogP contribution in [0, 0.1) is 13.8 Å². The molecule has 1 heterocycles. The van der Waals surface area contributed by atoms with Crippen LogP contribution in [-0.4, -0.2) is 24.5 Å². The molecule has 5 nitrogen and oxygen atoms in total. The van der Waals surface area contributed by atoms with E-state index in [4.69, 9.17) is 4.74 Å². The number of anilines is 2. The number of aromatic nitrogens is 1. The number of pyridine rings is 1. The number of aryl methyl sites for hydroxylation is 2. The fourth-order valence-electron chi connectivity index (χ4n) is 2.99. The van der Waals surface area contributed by atoms with Crippen molar-refractivity contribution in [1.29, 1.82) is 0 Å². The fourth-order valence-corrected chi connectivity index (χ4v) is 2.99. The molecule has 0 spiro atoms. The summed E-state index contributed by atoms with van der Waals surface area (Å²) in [5.74, 6) is 0.681. The van der Waals surface area contributed by atoms with Crippen molar-refractivity contribution < 1.29 is 9.53 Å². The van der Waals surface area contributed by atoms with Crippen molar-refractivity contribution in [1.82, 2.24) is 4.98 Å². The van der Waals surface area contributed by atoms with E-state index in [-0.39, 0.29) is 5.91 Å². The predicted molar refractivity (Wildman–Crippen MR) is 113 cm³/mol. The van der Waals surface area contributed by atoms with Gasteiger partial charge in [-0.1, -0.05) is 29.8 Å². The molecule has 0 bridgehead atoms. The standard InChI is InChI=1S/C23H25N3O2/c1-16-7-8-22(17(2)11-16)26-23(27)19-13-20(15-24-14-19)25-10-9-18-5-4-6-21(12-18)28-3/h4-8,11-15,25H,9-10H2,1-3H3,(H,26,27). The van der Waals surface area contributed by atoms with Crippen molar-refractivity contribution in [2.75, 3.05) is 24.3 Å². The number of nitrogens with one attached hydrogen (secondary N) is 2. The monoisotopic (exact) mass is 375 g/mol. The summed E-state index contributed by atoms with van der Waals surface area (Å²) < 4.78 is 5.25. The van der Waals surface area contributed by atoms with Gasteiger partial charge in [-0.2, -0.15) is 0 Å². The van der Waals surface area contributed by atoms with Gasteiger partial charge in [0.25, 0.3) is 5.91 Å². The highest BCUT2D eigenvalue weighted by Gasteiger charge is 2.09. The highest BCUT2D eigenvalue weighted by molar-refractivity contribution is 6.04. The van der Waals surface area contributed by atoms with Crippen molar-refractivity contribution in [3.63, 3.8) is 0 Å². The Hall–Kier alpha value is -3.34. The lowest BCUT2D eigenvalue weighted by atomic mass is 10.1. The van der Waals surface area contributed by atoms with Crippen LogP contribution < -0.4 is 15.4 Å². The van der Waals surface area contributed by atoms with E-state index in [1.54, 1.807) is 19.5 Å². The van der Waals surface area contributed by atoms with Gasteiger partial charge in [0, 0.05) is 24.6 Å². The number of carbonyl (C=O) groups is 1. The Bertz CT molecular complexity index is 970. The molecule has 0 radical (unpaired) electrons. The minimum Gasteiger partial charge on any atom is -0.497 e. The topological polar surface area (TPSA) is 63.2 Å². The smallest absolute Gasteiger partial charge is 0.257 e. The molecule has 0 atom stereocenters. The first-order chi connectivity index (χ1) is 13.5. The molecule has 0 saturated heterocycles. The third kappa shape index (κ3) is 5.10. The zero-order chi connectivity index (χ0) is 19.9. The maximum atomic E-state index is 12.6. The van der Waals surface area contributed by atoms with Gasteiger partial charge in [-0.05, 0) is 55.7 Å². The first-order valence-corrected chi connectivity index (χ1v) is 9.25. The summed E-state index contributed by atoms with van der Waals surface area (Å²) in [6.45, 7) is 4.75. The first-order valence-electron chi connectivity index (χ1n) is 9.25. The SMILES string of the molecule is COc1cccc(CCNc2cncc(C(=O)Nc3ccc(C)cc3C)c2)c1. The number of carbonyl (C=O) groups excluding carboxylic acids is 1. The van der Waals surface area contributed by atoms with Crippen LogP contribution in [0.3, 0.4) is 0 Å². The molecule has 3 rings (SSSR count). The normalized spacial score (nSPS) is 10.4. The zero-order valence-electron chi connectivity index (χ0n) is 16.5. The van der Waals surface area contributed by atoms with Gasteiger partial charge >= 0.3 is 0 Å². The van der Waals surface area contributed by atoms with Gasteiger partial charge in [-0.25, -0.2) is 0 Å². The van der Waals surface area contributed by atoms with E-state index in [0.29, 0.717) is 5.56 Å². The molecule has 0 aliphatic carbocycles. The highest BCUT2D eigenvalue weighted by Crippen LogP contribution is 2.18. The summed E-state index contributed by atoms with van der Waals surface area (Å²) in [5.41, 5.74) is 5.53. The molecule has 1 amide bonds. The quantitative estimate of drug-likeness (QED) is 0.633. The second-order valence-corrected chi connectivity index (χ2v) is 6.76. The molecule has 0 saturated carbocycles. The molecule has 0 unspecified atom stereocenters. The lowest BCUT2D eigenvalue weighted by molar-refractivity contribution is 0.102. The van der Waals surface area contributed by atoms with Gasteiger partial charge in [0.15, 0.2) is 0 Å². The van der Waals surface area contributed by atoms with Crippen LogP contribution in [0.15, 0.2) is 60.9 Å². The Labute approximate surface area is 165 Å². The average Bonchev–Trinajstić information content (AvgIpc) is 2.70. The van der Waals surface area contributed by atoms with Crippen LogP contribution in [0.4, 0.5) is 11.4 Å². The zero-order valence-corrected chi connectivity index (χ0v) is 16.5. The lowest BCUT2D eigenvalue weighted by Gasteiger charge is -2.11. The fraction of sp³-hybridized carbons (Fsp3) is 0.217. The summed E-state index contributed by atoms with van der Waals surface area (Å²) in [6, 6.07) is 15.8. The number of benzene rings is 2. The van der Waals surface area contributed by atoms with Crippen LogP contribution in [0.2, 0.25) is 0 Å². The van der Waals surface area contributed by atoms with Crippen molar-refractivity contribution in [3.05, 3.63) is 83.2 Å². The van der Waals surface area contributed by atoms with E-state index in [9.17, 15) is 4.79 Å². The third-order valence-corrected chi connectivity index (χ3v) is 4.51. The van der Waals surface area contributed by atoms with Crippen molar-refractivity contribution in [2.24, 2.45) is 0 Å². The second kappa shape index (κ2) is 9.04. The molecule has 2 N–H and O–H groups in total. The largest absolute Gasteiger partial charge is 0.497 e. The van der Waals surface area contributed by atoms with E-state index < -0.39 is 0 Å². The molecule has 28 heavy (non-hydrogen) atoms. The summed E-state index contributed by atoms with van der Waals surface area (Å²) in [6.07, 6.45) is 4.14. The van der Waals surface area contributed by atoms with Crippen LogP contribution in [0.1, 0.15) is 27.0 Å². The molecule has 144 valence electrons. The molecule has 1 aromatic heterocycles. The summed E-state index contributed by atoms with van der Waals surface area (Å²) >= 11 is 0. The number of hydrogen-bond acceptors (Lipinski definition) is 4. The second-order valence-electron chi connectivity index (χ2n) is 6.76. The average molecular weight is 375 g/mol. The van der Waals surface area contributed by atoms with E-state index in [0.717, 1.165) is 35.7 Å². The number of hydrogen-bond donors (Lipinski definition) is 2. The van der Waals surface area contributed by atoms with Gasteiger partial charge in [-0.3, -0.25) is 9.78 Å². The Balaban J connectivity index is 1.60. The molecular weight excluding hydrogens is 350 g/mol. The van der Waals surface area contributed by atoms with E-state index >= 15 is 0 Å². The maximum Gasteiger partial charge on any atom is 0.257 e. The van der Waals surface area contributed by atoms with E-state index in [2.05, 4.69) is 21.7 Å². The number of ether oxygens (including phenoxy) is 1. The van der Waals surface area contributed by atoms with Crippen molar-refractivity contribution in [2.45, 2.75) is 20.3 Å². The van der Waals surface area contributed by atoms with Crippen LogP contribution in [0.5, 0.6) is 5.75 Å². The molecule has 0 aliphatic heterocycles. The Morgan fingerprint density at radius 3 is 2.71 bits per heavy atom. The maximum absolute atomic E-state index is 12.6. The molecule has 0 aliphatic rings. The molecule has 2 aromatic carbocycles. The number of amides is 1.